The number of halogens is 1. The van der Waals surface area contributed by atoms with Gasteiger partial charge < -0.3 is 5.32 Å². The van der Waals surface area contributed by atoms with Gasteiger partial charge in [0.15, 0.2) is 5.01 Å². The fraction of sp³-hybridized carbons (Fsp3) is 0.200. The van der Waals surface area contributed by atoms with E-state index >= 15 is 0 Å². The van der Waals surface area contributed by atoms with Gasteiger partial charge in [-0.1, -0.05) is 48.6 Å². The molecule has 0 spiro atoms. The van der Waals surface area contributed by atoms with Crippen LogP contribution in [0.4, 0.5) is 0 Å². The molecule has 0 amide bonds. The van der Waals surface area contributed by atoms with E-state index in [4.69, 9.17) is 0 Å². The van der Waals surface area contributed by atoms with Crippen molar-refractivity contribution in [2.24, 2.45) is 0 Å². The number of hydrogen-bond donors (Lipinski definition) is 1. The lowest BCUT2D eigenvalue weighted by Crippen LogP contribution is -2.21. The quantitative estimate of drug-likeness (QED) is 0.696. The monoisotopic (exact) mass is 379 g/mol. The SMILES string of the molecule is CCNC(c1ccccc1)c1nnc(-c2sccc2Br)s1. The lowest BCUT2D eigenvalue weighted by atomic mass is 10.1. The molecule has 3 rings (SSSR count). The van der Waals surface area contributed by atoms with Crippen LogP contribution in [0.1, 0.15) is 23.5 Å². The highest BCUT2D eigenvalue weighted by Crippen LogP contribution is 2.37. The Morgan fingerprint density at radius 3 is 2.67 bits per heavy atom. The number of thiophene rings is 1. The standard InChI is InChI=1S/C15H14BrN3S2/c1-2-17-12(10-6-4-3-5-7-10)14-18-19-15(21-14)13-11(16)8-9-20-13/h3-9,12,17H,2H2,1H3. The fourth-order valence-corrected chi connectivity index (χ4v) is 4.83. The molecular formula is C15H14BrN3S2. The molecule has 0 saturated heterocycles. The maximum atomic E-state index is 4.40. The molecule has 1 unspecified atom stereocenters. The van der Waals surface area contributed by atoms with E-state index in [-0.39, 0.29) is 6.04 Å². The molecule has 0 radical (unpaired) electrons. The highest BCUT2D eigenvalue weighted by Gasteiger charge is 2.19. The van der Waals surface area contributed by atoms with E-state index in [1.54, 1.807) is 22.7 Å². The van der Waals surface area contributed by atoms with Crippen LogP contribution in [-0.4, -0.2) is 16.7 Å². The van der Waals surface area contributed by atoms with Gasteiger partial charge >= 0.3 is 0 Å². The average molecular weight is 380 g/mol. The zero-order valence-corrected chi connectivity index (χ0v) is 14.6. The normalized spacial score (nSPS) is 12.5. The van der Waals surface area contributed by atoms with Gasteiger partial charge in [0.1, 0.15) is 5.01 Å². The predicted octanol–water partition coefficient (Wildman–Crippen LogP) is 4.73. The van der Waals surface area contributed by atoms with Gasteiger partial charge in [0.2, 0.25) is 0 Å². The van der Waals surface area contributed by atoms with Crippen molar-refractivity contribution >= 4 is 38.6 Å². The van der Waals surface area contributed by atoms with Crippen molar-refractivity contribution in [2.45, 2.75) is 13.0 Å². The molecule has 3 aromatic rings. The molecule has 1 N–H and O–H groups in total. The van der Waals surface area contributed by atoms with Gasteiger partial charge in [-0.15, -0.1) is 21.5 Å². The Hall–Kier alpha value is -1.08. The number of benzene rings is 1. The second-order valence-electron chi connectivity index (χ2n) is 4.44. The summed E-state index contributed by atoms with van der Waals surface area (Å²) in [5, 5.41) is 16.3. The van der Waals surface area contributed by atoms with E-state index < -0.39 is 0 Å². The summed E-state index contributed by atoms with van der Waals surface area (Å²) in [7, 11) is 0. The molecule has 1 atom stereocenters. The highest BCUT2D eigenvalue weighted by atomic mass is 79.9. The first-order chi connectivity index (χ1) is 10.3. The van der Waals surface area contributed by atoms with E-state index in [1.807, 2.05) is 12.1 Å². The average Bonchev–Trinajstić information content (AvgIpc) is 3.14. The Labute approximate surface area is 140 Å². The van der Waals surface area contributed by atoms with Gasteiger partial charge in [0.05, 0.1) is 10.9 Å². The van der Waals surface area contributed by atoms with Gasteiger partial charge in [-0.05, 0) is 39.5 Å². The van der Waals surface area contributed by atoms with E-state index in [0.29, 0.717) is 0 Å². The van der Waals surface area contributed by atoms with Gasteiger partial charge in [-0.3, -0.25) is 0 Å². The number of aromatic nitrogens is 2. The van der Waals surface area contributed by atoms with Crippen LogP contribution in [0.15, 0.2) is 46.3 Å². The summed E-state index contributed by atoms with van der Waals surface area (Å²) < 4.78 is 1.08. The van der Waals surface area contributed by atoms with E-state index in [2.05, 4.69) is 68.0 Å². The first-order valence-corrected chi connectivity index (χ1v) is 9.13. The summed E-state index contributed by atoms with van der Waals surface area (Å²) in [5.74, 6) is 0. The maximum absolute atomic E-state index is 4.40. The van der Waals surface area contributed by atoms with Crippen LogP contribution in [0, 0.1) is 0 Å². The summed E-state index contributed by atoms with van der Waals surface area (Å²) in [6, 6.07) is 12.5. The lowest BCUT2D eigenvalue weighted by Gasteiger charge is -2.14. The molecule has 2 heterocycles. The molecule has 2 aromatic heterocycles. The van der Waals surface area contributed by atoms with Crippen molar-refractivity contribution < 1.29 is 0 Å². The second-order valence-corrected chi connectivity index (χ2v) is 7.22. The minimum atomic E-state index is 0.0983. The maximum Gasteiger partial charge on any atom is 0.159 e. The first kappa shape index (κ1) is 14.8. The number of nitrogens with one attached hydrogen (secondary N) is 1. The first-order valence-electron chi connectivity index (χ1n) is 6.64. The number of nitrogens with zero attached hydrogens (tertiary/aromatic N) is 2. The summed E-state index contributed by atoms with van der Waals surface area (Å²) in [5.41, 5.74) is 1.22. The molecule has 0 saturated carbocycles. The van der Waals surface area contributed by atoms with Crippen molar-refractivity contribution in [3.63, 3.8) is 0 Å². The van der Waals surface area contributed by atoms with E-state index in [9.17, 15) is 0 Å². The Kier molecular flexibility index (Phi) is 4.80. The van der Waals surface area contributed by atoms with Crippen LogP contribution >= 0.6 is 38.6 Å². The second kappa shape index (κ2) is 6.79. The van der Waals surface area contributed by atoms with Crippen LogP contribution in [0.5, 0.6) is 0 Å². The Morgan fingerprint density at radius 1 is 1.19 bits per heavy atom. The Morgan fingerprint density at radius 2 is 2.00 bits per heavy atom. The molecule has 21 heavy (non-hydrogen) atoms. The van der Waals surface area contributed by atoms with Crippen molar-refractivity contribution in [1.29, 1.82) is 0 Å². The predicted molar refractivity (Wildman–Crippen MR) is 92.9 cm³/mol. The minimum absolute atomic E-state index is 0.0983. The van der Waals surface area contributed by atoms with Crippen LogP contribution in [0.3, 0.4) is 0 Å². The van der Waals surface area contributed by atoms with E-state index in [1.165, 1.54) is 5.56 Å². The highest BCUT2D eigenvalue weighted by molar-refractivity contribution is 9.10. The van der Waals surface area contributed by atoms with Crippen LogP contribution in [-0.2, 0) is 0 Å². The topological polar surface area (TPSA) is 37.8 Å². The molecule has 3 nitrogen and oxygen atoms in total. The number of rotatable bonds is 5. The molecule has 1 aromatic carbocycles. The van der Waals surface area contributed by atoms with Gasteiger partial charge in [0.25, 0.3) is 0 Å². The molecule has 108 valence electrons. The summed E-state index contributed by atoms with van der Waals surface area (Å²) in [4.78, 5) is 1.14. The smallest absolute Gasteiger partial charge is 0.159 e. The van der Waals surface area contributed by atoms with Gasteiger partial charge in [0, 0.05) is 4.47 Å². The molecule has 0 aliphatic rings. The van der Waals surface area contributed by atoms with Crippen molar-refractivity contribution in [3.8, 4) is 9.88 Å². The zero-order valence-electron chi connectivity index (χ0n) is 11.4. The van der Waals surface area contributed by atoms with Crippen molar-refractivity contribution in [1.82, 2.24) is 15.5 Å². The van der Waals surface area contributed by atoms with Gasteiger partial charge in [-0.2, -0.15) is 0 Å². The van der Waals surface area contributed by atoms with Crippen molar-refractivity contribution in [2.75, 3.05) is 6.54 Å². The molecule has 0 aliphatic heterocycles. The van der Waals surface area contributed by atoms with E-state index in [0.717, 1.165) is 25.9 Å². The van der Waals surface area contributed by atoms with Crippen molar-refractivity contribution in [3.05, 3.63) is 56.8 Å². The summed E-state index contributed by atoms with van der Waals surface area (Å²) >= 11 is 6.88. The van der Waals surface area contributed by atoms with Crippen LogP contribution < -0.4 is 5.32 Å². The molecular weight excluding hydrogens is 366 g/mol. The molecule has 0 fully saturated rings. The lowest BCUT2D eigenvalue weighted by molar-refractivity contribution is 0.621. The largest absolute Gasteiger partial charge is 0.304 e. The fourth-order valence-electron chi connectivity index (χ4n) is 2.09. The third-order valence-electron chi connectivity index (χ3n) is 3.04. The molecule has 0 bridgehead atoms. The third-order valence-corrected chi connectivity index (χ3v) is 6.02. The minimum Gasteiger partial charge on any atom is -0.304 e. The van der Waals surface area contributed by atoms with Crippen LogP contribution in [0.25, 0.3) is 9.88 Å². The third kappa shape index (κ3) is 3.23. The summed E-state index contributed by atoms with van der Waals surface area (Å²) in [6.45, 7) is 2.99. The van der Waals surface area contributed by atoms with Crippen LogP contribution in [0.2, 0.25) is 0 Å². The Balaban J connectivity index is 1.94. The summed E-state index contributed by atoms with van der Waals surface area (Å²) in [6.07, 6.45) is 0. The molecule has 6 heteroatoms. The van der Waals surface area contributed by atoms with Gasteiger partial charge in [-0.25, -0.2) is 0 Å². The molecule has 0 aliphatic carbocycles. The number of hydrogen-bond acceptors (Lipinski definition) is 5. The zero-order chi connectivity index (χ0) is 14.7. The Bertz CT molecular complexity index is 709.